The van der Waals surface area contributed by atoms with E-state index in [4.69, 9.17) is 0 Å². The van der Waals surface area contributed by atoms with Crippen LogP contribution in [0.3, 0.4) is 0 Å². The Bertz CT molecular complexity index is 764. The molecule has 114 valence electrons. The number of aromatic nitrogens is 3. The number of H-pyrrole nitrogens is 1. The molecule has 9 heteroatoms. The maximum absolute atomic E-state index is 11.7. The number of carbonyl (C=O) groups is 1. The van der Waals surface area contributed by atoms with Crippen LogP contribution in [0.4, 0.5) is 0 Å². The first-order chi connectivity index (χ1) is 10.5. The van der Waals surface area contributed by atoms with Gasteiger partial charge in [-0.15, -0.1) is 0 Å². The number of carbonyl (C=O) groups excluding carboxylic acids is 1. The Hall–Kier alpha value is -3.07. The molecule has 0 saturated heterocycles. The smallest absolute Gasteiger partial charge is 0.291 e. The summed E-state index contributed by atoms with van der Waals surface area (Å²) in [6.45, 7) is 1.26. The second-order valence-electron chi connectivity index (χ2n) is 4.29. The van der Waals surface area contributed by atoms with Crippen molar-refractivity contribution in [2.45, 2.75) is 13.5 Å². The van der Waals surface area contributed by atoms with Gasteiger partial charge in [-0.2, -0.15) is 10.2 Å². The van der Waals surface area contributed by atoms with Crippen LogP contribution in [0.25, 0.3) is 0 Å². The highest BCUT2D eigenvalue weighted by Crippen LogP contribution is 2.21. The Morgan fingerprint density at radius 2 is 2.27 bits per heavy atom. The number of aliphatic hydroxyl groups excluding tert-OH is 1. The summed E-state index contributed by atoms with van der Waals surface area (Å²) in [5.41, 5.74) is 2.74. The van der Waals surface area contributed by atoms with Crippen LogP contribution in [0.5, 0.6) is 5.75 Å². The van der Waals surface area contributed by atoms with Gasteiger partial charge >= 0.3 is 0 Å². The van der Waals surface area contributed by atoms with E-state index in [-0.39, 0.29) is 23.6 Å². The number of hydrazone groups is 1. The number of aromatic amines is 1. The summed E-state index contributed by atoms with van der Waals surface area (Å²) >= 11 is 0. The lowest BCUT2D eigenvalue weighted by atomic mass is 10.1. The molecule has 2 aromatic heterocycles. The Labute approximate surface area is 124 Å². The lowest BCUT2D eigenvalue weighted by molar-refractivity contribution is 0.0949. The molecule has 0 unspecified atom stereocenters. The van der Waals surface area contributed by atoms with Gasteiger partial charge in [-0.1, -0.05) is 0 Å². The minimum atomic E-state index is -0.636. The Morgan fingerprint density at radius 1 is 1.50 bits per heavy atom. The Kier molecular flexibility index (Phi) is 4.59. The molecular weight excluding hydrogens is 290 g/mol. The summed E-state index contributed by atoms with van der Waals surface area (Å²) in [4.78, 5) is 26.5. The van der Waals surface area contributed by atoms with Crippen molar-refractivity contribution in [3.05, 3.63) is 51.2 Å². The van der Waals surface area contributed by atoms with Gasteiger partial charge in [-0.3, -0.25) is 14.6 Å². The van der Waals surface area contributed by atoms with E-state index < -0.39 is 11.5 Å². The fraction of sp³-hybridized carbons (Fsp3) is 0.154. The molecule has 0 fully saturated rings. The van der Waals surface area contributed by atoms with E-state index in [2.05, 4.69) is 25.7 Å². The van der Waals surface area contributed by atoms with Crippen molar-refractivity contribution in [1.82, 2.24) is 20.6 Å². The second kappa shape index (κ2) is 6.59. The van der Waals surface area contributed by atoms with Crippen LogP contribution in [0.2, 0.25) is 0 Å². The fourth-order valence-electron chi connectivity index (χ4n) is 1.61. The quantitative estimate of drug-likeness (QED) is 0.440. The minimum absolute atomic E-state index is 0.0192. The molecule has 2 heterocycles. The van der Waals surface area contributed by atoms with Crippen LogP contribution in [0, 0.1) is 6.92 Å². The van der Waals surface area contributed by atoms with Gasteiger partial charge in [-0.05, 0) is 13.0 Å². The van der Waals surface area contributed by atoms with Gasteiger partial charge in [0.1, 0.15) is 5.75 Å². The average Bonchev–Trinajstić information content (AvgIpc) is 2.52. The number of aryl methyl sites for hydroxylation is 1. The molecule has 0 spiro atoms. The number of rotatable bonds is 4. The lowest BCUT2D eigenvalue weighted by Gasteiger charge is -2.06. The maximum Gasteiger partial charge on any atom is 0.291 e. The summed E-state index contributed by atoms with van der Waals surface area (Å²) in [7, 11) is 0. The molecule has 0 atom stereocenters. The predicted molar refractivity (Wildman–Crippen MR) is 76.5 cm³/mol. The molecule has 4 N–H and O–H groups in total. The first-order valence-corrected chi connectivity index (χ1v) is 6.20. The third-order valence-corrected chi connectivity index (χ3v) is 2.80. The van der Waals surface area contributed by atoms with Gasteiger partial charge in [0, 0.05) is 23.4 Å². The highest BCUT2D eigenvalue weighted by molar-refractivity contribution is 5.93. The third kappa shape index (κ3) is 3.33. The van der Waals surface area contributed by atoms with Gasteiger partial charge in [-0.25, -0.2) is 10.5 Å². The van der Waals surface area contributed by atoms with Crippen LogP contribution in [-0.2, 0) is 6.61 Å². The van der Waals surface area contributed by atoms with E-state index in [1.807, 2.05) is 0 Å². The summed E-state index contributed by atoms with van der Waals surface area (Å²) in [6, 6.07) is 2.41. The molecular formula is C13H13N5O4. The zero-order valence-corrected chi connectivity index (χ0v) is 11.6. The topological polar surface area (TPSA) is 141 Å². The molecule has 0 saturated carbocycles. The highest BCUT2D eigenvalue weighted by Gasteiger charge is 2.10. The zero-order chi connectivity index (χ0) is 16.1. The minimum Gasteiger partial charge on any atom is -0.505 e. The summed E-state index contributed by atoms with van der Waals surface area (Å²) in [5, 5.41) is 28.5. The van der Waals surface area contributed by atoms with E-state index in [0.29, 0.717) is 11.3 Å². The SMILES string of the molecule is Cc1ncc(CO)c(C=NNC(=O)c2ccc(=O)[nH]n2)c1O. The van der Waals surface area contributed by atoms with E-state index in [9.17, 15) is 19.8 Å². The molecule has 1 amide bonds. The standard InChI is InChI=1S/C13H13N5O4/c1-7-12(21)9(8(6-19)4-14-7)5-15-18-13(22)10-2-3-11(20)17-16-10/h2-5,19,21H,6H2,1H3,(H,17,20)(H,18,22). The van der Waals surface area contributed by atoms with Crippen molar-refractivity contribution < 1.29 is 15.0 Å². The molecule has 0 aliphatic rings. The average molecular weight is 303 g/mol. The van der Waals surface area contributed by atoms with Crippen molar-refractivity contribution in [2.75, 3.05) is 0 Å². The molecule has 2 rings (SSSR count). The number of pyridine rings is 1. The molecule has 0 aliphatic heterocycles. The normalized spacial score (nSPS) is 10.8. The van der Waals surface area contributed by atoms with Crippen LogP contribution in [-0.4, -0.2) is 37.5 Å². The van der Waals surface area contributed by atoms with E-state index in [1.165, 1.54) is 18.5 Å². The first-order valence-electron chi connectivity index (χ1n) is 6.20. The van der Waals surface area contributed by atoms with E-state index in [1.54, 1.807) is 6.92 Å². The molecule has 0 radical (unpaired) electrons. The molecule has 2 aromatic rings. The summed E-state index contributed by atoms with van der Waals surface area (Å²) in [6.07, 6.45) is 2.60. The van der Waals surface area contributed by atoms with Crippen LogP contribution < -0.4 is 11.0 Å². The first kappa shape index (κ1) is 15.3. The molecule has 0 aliphatic carbocycles. The van der Waals surface area contributed by atoms with Crippen LogP contribution in [0.1, 0.15) is 27.3 Å². The van der Waals surface area contributed by atoms with Crippen molar-refractivity contribution in [2.24, 2.45) is 5.10 Å². The lowest BCUT2D eigenvalue weighted by Crippen LogP contribution is -2.21. The van der Waals surface area contributed by atoms with Gasteiger partial charge in [0.2, 0.25) is 0 Å². The van der Waals surface area contributed by atoms with Crippen molar-refractivity contribution in [3.8, 4) is 5.75 Å². The van der Waals surface area contributed by atoms with Gasteiger partial charge in [0.05, 0.1) is 18.5 Å². The number of hydrogen-bond donors (Lipinski definition) is 4. The fourth-order valence-corrected chi connectivity index (χ4v) is 1.61. The summed E-state index contributed by atoms with van der Waals surface area (Å²) in [5.74, 6) is -0.768. The van der Waals surface area contributed by atoms with Crippen LogP contribution in [0.15, 0.2) is 28.2 Å². The molecule has 0 bridgehead atoms. The maximum atomic E-state index is 11.7. The largest absolute Gasteiger partial charge is 0.505 e. The third-order valence-electron chi connectivity index (χ3n) is 2.80. The Morgan fingerprint density at radius 3 is 2.91 bits per heavy atom. The molecule has 0 aromatic carbocycles. The number of hydrogen-bond acceptors (Lipinski definition) is 7. The monoisotopic (exact) mass is 303 g/mol. The van der Waals surface area contributed by atoms with Gasteiger partial charge < -0.3 is 10.2 Å². The van der Waals surface area contributed by atoms with Gasteiger partial charge in [0.15, 0.2) is 5.69 Å². The zero-order valence-electron chi connectivity index (χ0n) is 11.6. The number of aromatic hydroxyl groups is 1. The predicted octanol–water partition coefficient (Wildman–Crippen LogP) is -0.565. The molecule has 9 nitrogen and oxygen atoms in total. The van der Waals surface area contributed by atoms with Gasteiger partial charge in [0.25, 0.3) is 11.5 Å². The van der Waals surface area contributed by atoms with Crippen molar-refractivity contribution in [3.63, 3.8) is 0 Å². The number of aliphatic hydroxyl groups is 1. The van der Waals surface area contributed by atoms with Crippen LogP contribution >= 0.6 is 0 Å². The molecule has 22 heavy (non-hydrogen) atoms. The number of nitrogens with zero attached hydrogens (tertiary/aromatic N) is 3. The number of amides is 1. The van der Waals surface area contributed by atoms with E-state index >= 15 is 0 Å². The van der Waals surface area contributed by atoms with Crippen molar-refractivity contribution >= 4 is 12.1 Å². The second-order valence-corrected chi connectivity index (χ2v) is 4.29. The number of nitrogens with one attached hydrogen (secondary N) is 2. The highest BCUT2D eigenvalue weighted by atomic mass is 16.3. The van der Waals surface area contributed by atoms with Crippen molar-refractivity contribution in [1.29, 1.82) is 0 Å². The van der Waals surface area contributed by atoms with E-state index in [0.717, 1.165) is 6.07 Å². The Balaban J connectivity index is 2.16. The summed E-state index contributed by atoms with van der Waals surface area (Å²) < 4.78 is 0.